The van der Waals surface area contributed by atoms with E-state index in [1.165, 1.54) is 19.3 Å². The Balaban J connectivity index is 1.92. The molecule has 0 aromatic carbocycles. The van der Waals surface area contributed by atoms with Gasteiger partial charge in [0.1, 0.15) is 0 Å². The van der Waals surface area contributed by atoms with Gasteiger partial charge in [0.05, 0.1) is 0 Å². The normalized spacial score (nSPS) is 34.6. The molecule has 0 heterocycles. The number of hydrogen-bond acceptors (Lipinski definition) is 1. The minimum absolute atomic E-state index is 0.0254. The molecule has 2 rings (SSSR count). The molecular formula is C14H24BrNO. The van der Waals surface area contributed by atoms with Gasteiger partial charge >= 0.3 is 0 Å². The average molecular weight is 302 g/mol. The maximum absolute atomic E-state index is 12.4. The van der Waals surface area contributed by atoms with Crippen molar-refractivity contribution >= 4 is 21.8 Å². The van der Waals surface area contributed by atoms with Gasteiger partial charge in [0.25, 0.3) is 0 Å². The Morgan fingerprint density at radius 2 is 2.18 bits per heavy atom. The predicted octanol–water partition coefficient (Wildman–Crippen LogP) is 3.49. The summed E-state index contributed by atoms with van der Waals surface area (Å²) >= 11 is 3.48. The van der Waals surface area contributed by atoms with Gasteiger partial charge in [-0.25, -0.2) is 0 Å². The highest BCUT2D eigenvalue weighted by molar-refractivity contribution is 9.09. The zero-order valence-corrected chi connectivity index (χ0v) is 12.6. The number of fused-ring (bicyclic) bond motifs is 2. The molecule has 2 aliphatic rings. The molecule has 4 atom stereocenters. The Labute approximate surface area is 113 Å². The van der Waals surface area contributed by atoms with Crippen molar-refractivity contribution in [1.82, 2.24) is 5.32 Å². The van der Waals surface area contributed by atoms with E-state index >= 15 is 0 Å². The van der Waals surface area contributed by atoms with Crippen LogP contribution in [0.25, 0.3) is 0 Å². The fourth-order valence-corrected chi connectivity index (χ4v) is 4.37. The van der Waals surface area contributed by atoms with E-state index in [0.717, 1.165) is 30.5 Å². The Morgan fingerprint density at radius 1 is 1.41 bits per heavy atom. The molecule has 2 bridgehead atoms. The first kappa shape index (κ1) is 13.4. The second-order valence-electron chi connectivity index (χ2n) is 6.12. The lowest BCUT2D eigenvalue weighted by atomic mass is 9.86. The lowest BCUT2D eigenvalue weighted by Gasteiger charge is -2.32. The number of rotatable bonds is 5. The van der Waals surface area contributed by atoms with Crippen LogP contribution in [0.5, 0.6) is 0 Å². The van der Waals surface area contributed by atoms with Gasteiger partial charge in [-0.15, -0.1) is 0 Å². The molecule has 0 aromatic rings. The standard InChI is InChI=1S/C14H24BrNO/c1-3-14(2,6-7-15)16-13(17)12-9-10-4-5-11(12)8-10/h10-12H,3-9H2,1-2H3,(H,16,17). The van der Waals surface area contributed by atoms with E-state index in [9.17, 15) is 4.79 Å². The molecule has 0 aromatic heterocycles. The van der Waals surface area contributed by atoms with Crippen molar-refractivity contribution in [1.29, 1.82) is 0 Å². The number of amides is 1. The molecule has 0 radical (unpaired) electrons. The van der Waals surface area contributed by atoms with E-state index in [4.69, 9.17) is 0 Å². The molecule has 1 N–H and O–H groups in total. The molecular weight excluding hydrogens is 278 g/mol. The molecule has 0 spiro atoms. The number of nitrogens with one attached hydrogen (secondary N) is 1. The Hall–Kier alpha value is -0.0500. The van der Waals surface area contributed by atoms with Crippen LogP contribution in [0.3, 0.4) is 0 Å². The van der Waals surface area contributed by atoms with E-state index in [1.54, 1.807) is 0 Å². The smallest absolute Gasteiger partial charge is 0.223 e. The van der Waals surface area contributed by atoms with Gasteiger partial charge in [-0.1, -0.05) is 29.3 Å². The molecule has 2 fully saturated rings. The second kappa shape index (κ2) is 5.29. The van der Waals surface area contributed by atoms with Gasteiger partial charge in [0, 0.05) is 16.8 Å². The molecule has 0 aliphatic heterocycles. The van der Waals surface area contributed by atoms with Crippen LogP contribution in [0.15, 0.2) is 0 Å². The first-order chi connectivity index (χ1) is 8.08. The summed E-state index contributed by atoms with van der Waals surface area (Å²) in [6.07, 6.45) is 7.11. The van der Waals surface area contributed by atoms with Crippen molar-refractivity contribution in [2.75, 3.05) is 5.33 Å². The van der Waals surface area contributed by atoms with Gasteiger partial charge in [-0.2, -0.15) is 0 Å². The summed E-state index contributed by atoms with van der Waals surface area (Å²) in [5.74, 6) is 2.17. The zero-order valence-electron chi connectivity index (χ0n) is 11.0. The van der Waals surface area contributed by atoms with Crippen LogP contribution < -0.4 is 5.32 Å². The molecule has 2 aliphatic carbocycles. The molecule has 1 amide bonds. The van der Waals surface area contributed by atoms with Gasteiger partial charge < -0.3 is 5.32 Å². The van der Waals surface area contributed by atoms with Crippen molar-refractivity contribution in [2.45, 2.75) is 57.9 Å². The predicted molar refractivity (Wildman–Crippen MR) is 74.2 cm³/mol. The molecule has 0 saturated heterocycles. The average Bonchev–Trinajstić information content (AvgIpc) is 2.91. The molecule has 3 heteroatoms. The molecule has 2 saturated carbocycles. The largest absolute Gasteiger partial charge is 0.351 e. The number of carbonyl (C=O) groups is 1. The zero-order chi connectivity index (χ0) is 12.5. The van der Waals surface area contributed by atoms with E-state index < -0.39 is 0 Å². The van der Waals surface area contributed by atoms with Gasteiger partial charge in [0.15, 0.2) is 0 Å². The molecule has 4 unspecified atom stereocenters. The van der Waals surface area contributed by atoms with Crippen molar-refractivity contribution in [2.24, 2.45) is 17.8 Å². The van der Waals surface area contributed by atoms with Crippen LogP contribution in [0, 0.1) is 17.8 Å². The number of halogens is 1. The molecule has 17 heavy (non-hydrogen) atoms. The minimum atomic E-state index is -0.0254. The van der Waals surface area contributed by atoms with E-state index in [0.29, 0.717) is 17.7 Å². The molecule has 98 valence electrons. The maximum atomic E-state index is 12.4. The van der Waals surface area contributed by atoms with E-state index in [2.05, 4.69) is 35.1 Å². The SMILES string of the molecule is CCC(C)(CCBr)NC(=O)C1CC2CCC1C2. The Bertz CT molecular complexity index is 294. The summed E-state index contributed by atoms with van der Waals surface area (Å²) in [7, 11) is 0. The lowest BCUT2D eigenvalue weighted by molar-refractivity contribution is -0.128. The Kier molecular flexibility index (Phi) is 4.17. The van der Waals surface area contributed by atoms with Crippen molar-refractivity contribution < 1.29 is 4.79 Å². The first-order valence-electron chi connectivity index (χ1n) is 6.96. The summed E-state index contributed by atoms with van der Waals surface area (Å²) in [4.78, 5) is 12.4. The quantitative estimate of drug-likeness (QED) is 0.774. The third-order valence-electron chi connectivity index (χ3n) is 4.93. The topological polar surface area (TPSA) is 29.1 Å². The van der Waals surface area contributed by atoms with Crippen molar-refractivity contribution in [3.63, 3.8) is 0 Å². The fourth-order valence-electron chi connectivity index (χ4n) is 3.49. The third kappa shape index (κ3) is 2.86. The summed E-state index contributed by atoms with van der Waals surface area (Å²) in [5.41, 5.74) is -0.0254. The van der Waals surface area contributed by atoms with Crippen LogP contribution >= 0.6 is 15.9 Å². The van der Waals surface area contributed by atoms with Gasteiger partial charge in [0.2, 0.25) is 5.91 Å². The highest BCUT2D eigenvalue weighted by Gasteiger charge is 2.44. The monoisotopic (exact) mass is 301 g/mol. The summed E-state index contributed by atoms with van der Waals surface area (Å²) in [6, 6.07) is 0. The second-order valence-corrected chi connectivity index (χ2v) is 6.92. The summed E-state index contributed by atoms with van der Waals surface area (Å²) in [5, 5.41) is 4.25. The number of carbonyl (C=O) groups excluding carboxylic acids is 1. The number of hydrogen-bond donors (Lipinski definition) is 1. The van der Waals surface area contributed by atoms with E-state index in [1.807, 2.05) is 0 Å². The van der Waals surface area contributed by atoms with Crippen LogP contribution in [-0.2, 0) is 4.79 Å². The van der Waals surface area contributed by atoms with Crippen LogP contribution in [0.1, 0.15) is 52.4 Å². The van der Waals surface area contributed by atoms with Crippen LogP contribution in [-0.4, -0.2) is 16.8 Å². The van der Waals surface area contributed by atoms with Crippen LogP contribution in [0.4, 0.5) is 0 Å². The maximum Gasteiger partial charge on any atom is 0.223 e. The summed E-state index contributed by atoms with van der Waals surface area (Å²) < 4.78 is 0. The van der Waals surface area contributed by atoms with Gasteiger partial charge in [-0.05, 0) is 50.9 Å². The van der Waals surface area contributed by atoms with Crippen LogP contribution in [0.2, 0.25) is 0 Å². The van der Waals surface area contributed by atoms with E-state index in [-0.39, 0.29) is 5.54 Å². The lowest BCUT2D eigenvalue weighted by Crippen LogP contribution is -2.49. The van der Waals surface area contributed by atoms with Crippen molar-refractivity contribution in [3.05, 3.63) is 0 Å². The summed E-state index contributed by atoms with van der Waals surface area (Å²) in [6.45, 7) is 4.32. The van der Waals surface area contributed by atoms with Crippen molar-refractivity contribution in [3.8, 4) is 0 Å². The number of alkyl halides is 1. The van der Waals surface area contributed by atoms with Gasteiger partial charge in [-0.3, -0.25) is 4.79 Å². The molecule has 2 nitrogen and oxygen atoms in total. The first-order valence-corrected chi connectivity index (χ1v) is 8.08. The highest BCUT2D eigenvalue weighted by atomic mass is 79.9. The fraction of sp³-hybridized carbons (Fsp3) is 0.929. The Morgan fingerprint density at radius 3 is 2.65 bits per heavy atom. The third-order valence-corrected chi connectivity index (χ3v) is 5.32. The minimum Gasteiger partial charge on any atom is -0.351 e. The highest BCUT2D eigenvalue weighted by Crippen LogP contribution is 2.48.